The number of hydrogen-bond donors (Lipinski definition) is 0. The Labute approximate surface area is 182 Å². The smallest absolute Gasteiger partial charge is 0.302 e. The van der Waals surface area contributed by atoms with Crippen LogP contribution in [0.25, 0.3) is 0 Å². The van der Waals surface area contributed by atoms with Gasteiger partial charge in [0, 0.05) is 12.5 Å². The van der Waals surface area contributed by atoms with Crippen molar-refractivity contribution in [1.82, 2.24) is 4.90 Å². The van der Waals surface area contributed by atoms with Crippen molar-refractivity contribution in [3.05, 3.63) is 48.0 Å². The number of nitrogens with zero attached hydrogens (tertiary/aromatic N) is 2. The lowest BCUT2D eigenvalue weighted by atomic mass is 10.1. The molecular weight excluding hydrogens is 376 g/mol. The van der Waals surface area contributed by atoms with Gasteiger partial charge in [-0.2, -0.15) is 0 Å². The second-order valence-corrected chi connectivity index (χ2v) is 8.37. The van der Waals surface area contributed by atoms with Crippen LogP contribution in [-0.2, 0) is 20.9 Å². The van der Waals surface area contributed by atoms with Gasteiger partial charge in [-0.3, -0.25) is 9.59 Å². The maximum Gasteiger partial charge on any atom is 0.302 e. The van der Waals surface area contributed by atoms with Crippen LogP contribution in [0.4, 0.5) is 0 Å². The number of piperazine rings is 1. The molecule has 0 bridgehead atoms. The van der Waals surface area contributed by atoms with Crippen LogP contribution < -0.4 is 0 Å². The zero-order valence-electron chi connectivity index (χ0n) is 18.9. The van der Waals surface area contributed by atoms with Crippen molar-refractivity contribution >= 4 is 11.9 Å². The van der Waals surface area contributed by atoms with Gasteiger partial charge in [0.05, 0.1) is 39.3 Å². The fraction of sp³-hybridized carbons (Fsp3) is 0.600. The van der Waals surface area contributed by atoms with Crippen LogP contribution in [0.1, 0.15) is 57.9 Å². The summed E-state index contributed by atoms with van der Waals surface area (Å²) in [5.41, 5.74) is 1.38. The van der Waals surface area contributed by atoms with Gasteiger partial charge >= 0.3 is 5.97 Å². The molecule has 1 aromatic rings. The Kier molecular flexibility index (Phi) is 10.6. The minimum atomic E-state index is -0.200. The average Bonchev–Trinajstić information content (AvgIpc) is 2.76. The minimum Gasteiger partial charge on any atom is -0.466 e. The molecule has 1 fully saturated rings. The lowest BCUT2D eigenvalue weighted by molar-refractivity contribution is -0.942. The molecule has 0 spiro atoms. The van der Waals surface area contributed by atoms with Crippen LogP contribution in [-0.4, -0.2) is 60.6 Å². The van der Waals surface area contributed by atoms with Gasteiger partial charge in [0.15, 0.2) is 0 Å². The van der Waals surface area contributed by atoms with Crippen molar-refractivity contribution in [3.8, 4) is 0 Å². The molecule has 0 unspecified atom stereocenters. The molecule has 1 heterocycles. The Balaban J connectivity index is 1.61. The molecule has 0 saturated carbocycles. The van der Waals surface area contributed by atoms with E-state index in [9.17, 15) is 9.59 Å². The number of quaternary nitrogens is 1. The number of amides is 1. The van der Waals surface area contributed by atoms with Gasteiger partial charge in [-0.25, -0.2) is 0 Å². The molecule has 0 radical (unpaired) electrons. The molecule has 0 aliphatic carbocycles. The van der Waals surface area contributed by atoms with E-state index in [0.29, 0.717) is 6.61 Å². The highest BCUT2D eigenvalue weighted by Gasteiger charge is 2.32. The lowest BCUT2D eigenvalue weighted by Crippen LogP contribution is -2.59. The molecule has 1 aromatic carbocycles. The number of ether oxygens (including phenoxy) is 1. The summed E-state index contributed by atoms with van der Waals surface area (Å²) >= 11 is 0. The van der Waals surface area contributed by atoms with Gasteiger partial charge in [-0.05, 0) is 32.3 Å². The molecule has 5 nitrogen and oxygen atoms in total. The summed E-state index contributed by atoms with van der Waals surface area (Å²) in [6, 6.07) is 10.7. The predicted octanol–water partition coefficient (Wildman–Crippen LogP) is 4.33. The van der Waals surface area contributed by atoms with Crippen molar-refractivity contribution in [1.29, 1.82) is 0 Å². The van der Waals surface area contributed by atoms with E-state index < -0.39 is 0 Å². The highest BCUT2D eigenvalue weighted by atomic mass is 16.5. The maximum atomic E-state index is 12.5. The molecule has 166 valence electrons. The monoisotopic (exact) mass is 415 g/mol. The van der Waals surface area contributed by atoms with E-state index in [1.54, 1.807) is 6.08 Å². The number of esters is 1. The number of likely N-dealkylation sites (N-methyl/N-ethyl adjacent to an activating group) is 1. The summed E-state index contributed by atoms with van der Waals surface area (Å²) in [6.45, 7) is 10.1. The largest absolute Gasteiger partial charge is 0.466 e. The molecule has 1 saturated heterocycles. The fourth-order valence-corrected chi connectivity index (χ4v) is 4.07. The molecule has 0 N–H and O–H groups in total. The SMILES string of the molecule is CC[N+]1(Cc2ccccc2)CCN(C(=O)/C=C/CCCCCCCOC(C)=O)CC1. The summed E-state index contributed by atoms with van der Waals surface area (Å²) in [4.78, 5) is 25.2. The van der Waals surface area contributed by atoms with Gasteiger partial charge in [-0.1, -0.05) is 55.7 Å². The van der Waals surface area contributed by atoms with Gasteiger partial charge in [-0.15, -0.1) is 0 Å². The second kappa shape index (κ2) is 13.2. The third-order valence-corrected chi connectivity index (χ3v) is 6.11. The molecule has 0 atom stereocenters. The predicted molar refractivity (Wildman–Crippen MR) is 121 cm³/mol. The molecular formula is C25H39N2O3+. The molecule has 5 heteroatoms. The Bertz CT molecular complexity index is 664. The van der Waals surface area contributed by atoms with E-state index in [4.69, 9.17) is 4.74 Å². The average molecular weight is 416 g/mol. The van der Waals surface area contributed by atoms with Crippen LogP contribution in [0, 0.1) is 0 Å². The van der Waals surface area contributed by atoms with E-state index in [-0.39, 0.29) is 11.9 Å². The molecule has 1 amide bonds. The molecule has 1 aliphatic rings. The van der Waals surface area contributed by atoms with E-state index in [0.717, 1.165) is 82.3 Å². The summed E-state index contributed by atoms with van der Waals surface area (Å²) in [5, 5.41) is 0. The molecule has 30 heavy (non-hydrogen) atoms. The number of benzene rings is 1. The minimum absolute atomic E-state index is 0.157. The third kappa shape index (κ3) is 8.70. The number of unbranched alkanes of at least 4 members (excludes halogenated alkanes) is 5. The van der Waals surface area contributed by atoms with Gasteiger partial charge in [0.2, 0.25) is 5.91 Å². The summed E-state index contributed by atoms with van der Waals surface area (Å²) in [6.07, 6.45) is 10.2. The van der Waals surface area contributed by atoms with Crippen LogP contribution in [0.2, 0.25) is 0 Å². The normalized spacial score (nSPS) is 16.0. The van der Waals surface area contributed by atoms with E-state index >= 15 is 0 Å². The zero-order chi connectivity index (χ0) is 21.7. The van der Waals surface area contributed by atoms with Crippen molar-refractivity contribution < 1.29 is 18.8 Å². The Morgan fingerprint density at radius 3 is 2.37 bits per heavy atom. The highest BCUT2D eigenvalue weighted by molar-refractivity contribution is 5.87. The maximum absolute atomic E-state index is 12.5. The van der Waals surface area contributed by atoms with Gasteiger partial charge < -0.3 is 14.1 Å². The standard InChI is InChI=1S/C25H39N2O3/c1-3-27(22-24-14-10-9-11-15-24)19-17-26(18-20-27)25(29)16-12-7-5-4-6-8-13-21-30-23(2)28/h9-12,14-16H,3-8,13,17-22H2,1-2H3/q+1/b16-12+. The van der Waals surface area contributed by atoms with Gasteiger partial charge in [0.25, 0.3) is 0 Å². The van der Waals surface area contributed by atoms with Crippen molar-refractivity contribution in [3.63, 3.8) is 0 Å². The summed E-state index contributed by atoms with van der Waals surface area (Å²) in [7, 11) is 0. The first kappa shape index (κ1) is 24.1. The number of carbonyl (C=O) groups excluding carboxylic acids is 2. The second-order valence-electron chi connectivity index (χ2n) is 8.37. The zero-order valence-corrected chi connectivity index (χ0v) is 18.9. The topological polar surface area (TPSA) is 46.6 Å². The first-order valence-corrected chi connectivity index (χ1v) is 11.5. The number of rotatable bonds is 12. The highest BCUT2D eigenvalue weighted by Crippen LogP contribution is 2.18. The molecule has 0 aromatic heterocycles. The van der Waals surface area contributed by atoms with E-state index in [1.807, 2.05) is 11.0 Å². The van der Waals surface area contributed by atoms with Crippen LogP contribution in [0.3, 0.4) is 0 Å². The Morgan fingerprint density at radius 1 is 1.03 bits per heavy atom. The first-order valence-electron chi connectivity index (χ1n) is 11.5. The number of hydrogen-bond acceptors (Lipinski definition) is 3. The van der Waals surface area contributed by atoms with Crippen LogP contribution >= 0.6 is 0 Å². The number of allylic oxidation sites excluding steroid dienone is 1. The van der Waals surface area contributed by atoms with Gasteiger partial charge in [0.1, 0.15) is 6.54 Å². The van der Waals surface area contributed by atoms with Crippen LogP contribution in [0.5, 0.6) is 0 Å². The Hall–Kier alpha value is -2.14. The quantitative estimate of drug-likeness (QED) is 0.221. The summed E-state index contributed by atoms with van der Waals surface area (Å²) < 4.78 is 5.99. The third-order valence-electron chi connectivity index (χ3n) is 6.11. The van der Waals surface area contributed by atoms with Crippen molar-refractivity contribution in [2.24, 2.45) is 0 Å². The van der Waals surface area contributed by atoms with Crippen molar-refractivity contribution in [2.75, 3.05) is 39.3 Å². The number of carbonyl (C=O) groups is 2. The summed E-state index contributed by atoms with van der Waals surface area (Å²) in [5.74, 6) is -0.0426. The van der Waals surface area contributed by atoms with Crippen molar-refractivity contribution in [2.45, 2.75) is 58.9 Å². The van der Waals surface area contributed by atoms with E-state index in [1.165, 1.54) is 12.5 Å². The lowest BCUT2D eigenvalue weighted by Gasteiger charge is -2.44. The molecule has 1 aliphatic heterocycles. The Morgan fingerprint density at radius 2 is 1.70 bits per heavy atom. The van der Waals surface area contributed by atoms with Crippen LogP contribution in [0.15, 0.2) is 42.5 Å². The molecule has 2 rings (SSSR count). The fourth-order valence-electron chi connectivity index (χ4n) is 4.07. The first-order chi connectivity index (χ1) is 14.5. The van der Waals surface area contributed by atoms with E-state index in [2.05, 4.69) is 37.3 Å².